The van der Waals surface area contributed by atoms with Gasteiger partial charge in [0.2, 0.25) is 0 Å². The number of aryl methyl sites for hydroxylation is 1. The predicted molar refractivity (Wildman–Crippen MR) is 114 cm³/mol. The van der Waals surface area contributed by atoms with Crippen LogP contribution in [-0.2, 0) is 4.79 Å². The van der Waals surface area contributed by atoms with E-state index in [1.807, 2.05) is 24.5 Å². The number of carbonyl (C=O) groups excluding carboxylic acids is 1. The topological polar surface area (TPSA) is 76.4 Å². The van der Waals surface area contributed by atoms with E-state index in [0.717, 1.165) is 23.0 Å². The summed E-state index contributed by atoms with van der Waals surface area (Å²) in [6.07, 6.45) is 2.53. The number of hydrogen-bond donors (Lipinski definition) is 0. The van der Waals surface area contributed by atoms with Crippen LogP contribution in [0.5, 0.6) is 5.75 Å². The van der Waals surface area contributed by atoms with Crippen molar-refractivity contribution >= 4 is 11.7 Å². The molecule has 1 aliphatic heterocycles. The van der Waals surface area contributed by atoms with Crippen molar-refractivity contribution in [1.82, 2.24) is 24.4 Å². The monoisotopic (exact) mass is 424 g/mol. The molecular weight excluding hydrogens is 399 g/mol. The van der Waals surface area contributed by atoms with Gasteiger partial charge < -0.3 is 14.5 Å². The van der Waals surface area contributed by atoms with E-state index in [1.54, 1.807) is 36.6 Å². The molecule has 31 heavy (non-hydrogen) atoms. The molecule has 3 heterocycles. The van der Waals surface area contributed by atoms with Gasteiger partial charge >= 0.3 is 0 Å². The van der Waals surface area contributed by atoms with Crippen molar-refractivity contribution < 1.29 is 13.9 Å². The molecule has 1 amide bonds. The normalized spacial score (nSPS) is 15.1. The third kappa shape index (κ3) is 4.35. The number of piperazine rings is 1. The number of para-hydroxylation sites is 1. The molecule has 1 aromatic carbocycles. The smallest absolute Gasteiger partial charge is 0.263 e. The van der Waals surface area contributed by atoms with E-state index in [-0.39, 0.29) is 11.7 Å². The van der Waals surface area contributed by atoms with Crippen molar-refractivity contribution in [2.75, 3.05) is 31.1 Å². The van der Waals surface area contributed by atoms with Crippen LogP contribution < -0.4 is 9.64 Å². The first-order chi connectivity index (χ1) is 14.9. The number of nitrogens with zero attached hydrogens (tertiary/aromatic N) is 6. The summed E-state index contributed by atoms with van der Waals surface area (Å²) in [5.74, 6) is 1.01. The molecule has 1 unspecified atom stereocenters. The van der Waals surface area contributed by atoms with Gasteiger partial charge in [0.15, 0.2) is 17.7 Å². The van der Waals surface area contributed by atoms with Crippen LogP contribution in [0.25, 0.3) is 5.82 Å². The number of rotatable bonds is 5. The molecule has 0 spiro atoms. The molecule has 162 valence electrons. The number of hydrogen-bond acceptors (Lipinski definition) is 6. The van der Waals surface area contributed by atoms with Crippen LogP contribution in [0.4, 0.5) is 10.2 Å². The molecule has 0 N–H and O–H groups in total. The molecule has 9 heteroatoms. The Morgan fingerprint density at radius 1 is 1.06 bits per heavy atom. The van der Waals surface area contributed by atoms with Crippen molar-refractivity contribution in [3.63, 3.8) is 0 Å². The summed E-state index contributed by atoms with van der Waals surface area (Å²) in [6.45, 7) is 7.94. The number of carbonyl (C=O) groups is 1. The SMILES string of the molecule is Cc1ncn(-c2cc(N3CCN(C(=O)C(C)Oc4ccccc4F)CC3)ncn2)c1C. The van der Waals surface area contributed by atoms with Crippen LogP contribution in [0, 0.1) is 19.7 Å². The molecule has 0 bridgehead atoms. The number of anilines is 1. The highest BCUT2D eigenvalue weighted by atomic mass is 19.1. The van der Waals surface area contributed by atoms with Gasteiger partial charge in [0.1, 0.15) is 24.3 Å². The summed E-state index contributed by atoms with van der Waals surface area (Å²) in [7, 11) is 0. The quantitative estimate of drug-likeness (QED) is 0.627. The highest BCUT2D eigenvalue weighted by Gasteiger charge is 2.27. The summed E-state index contributed by atoms with van der Waals surface area (Å²) < 4.78 is 21.3. The van der Waals surface area contributed by atoms with Gasteiger partial charge in [-0.25, -0.2) is 19.3 Å². The van der Waals surface area contributed by atoms with Crippen LogP contribution in [0.15, 0.2) is 43.0 Å². The van der Waals surface area contributed by atoms with Crippen LogP contribution in [0.3, 0.4) is 0 Å². The maximum Gasteiger partial charge on any atom is 0.263 e. The molecular formula is C22H25FN6O2. The largest absolute Gasteiger partial charge is 0.478 e. The molecule has 0 saturated carbocycles. The highest BCUT2D eigenvalue weighted by Crippen LogP contribution is 2.20. The van der Waals surface area contributed by atoms with Gasteiger partial charge in [-0.3, -0.25) is 9.36 Å². The minimum Gasteiger partial charge on any atom is -0.478 e. The predicted octanol–water partition coefficient (Wildman–Crippen LogP) is 2.53. The van der Waals surface area contributed by atoms with E-state index in [9.17, 15) is 9.18 Å². The molecule has 2 aromatic heterocycles. The van der Waals surface area contributed by atoms with E-state index in [1.165, 1.54) is 12.1 Å². The third-order valence-corrected chi connectivity index (χ3v) is 5.54. The van der Waals surface area contributed by atoms with Gasteiger partial charge in [0, 0.05) is 37.9 Å². The molecule has 1 fully saturated rings. The van der Waals surface area contributed by atoms with Crippen LogP contribution in [-0.4, -0.2) is 62.6 Å². The van der Waals surface area contributed by atoms with Gasteiger partial charge in [0.05, 0.1) is 5.69 Å². The van der Waals surface area contributed by atoms with Crippen molar-refractivity contribution in [3.8, 4) is 11.6 Å². The number of amides is 1. The lowest BCUT2D eigenvalue weighted by Gasteiger charge is -2.36. The summed E-state index contributed by atoms with van der Waals surface area (Å²) in [5.41, 5.74) is 1.99. The zero-order valence-electron chi connectivity index (χ0n) is 17.8. The van der Waals surface area contributed by atoms with Crippen LogP contribution in [0.1, 0.15) is 18.3 Å². The summed E-state index contributed by atoms with van der Waals surface area (Å²) in [5, 5.41) is 0. The summed E-state index contributed by atoms with van der Waals surface area (Å²) in [4.78, 5) is 29.7. The van der Waals surface area contributed by atoms with Crippen molar-refractivity contribution in [2.24, 2.45) is 0 Å². The second kappa shape index (κ2) is 8.71. The Hall–Kier alpha value is -3.49. The van der Waals surface area contributed by atoms with Crippen molar-refractivity contribution in [1.29, 1.82) is 0 Å². The standard InChI is InChI=1S/C22H25FN6O2/c1-15-16(2)29(14-26-15)21-12-20(24-13-25-21)27-8-10-28(11-9-27)22(30)17(3)31-19-7-5-4-6-18(19)23/h4-7,12-14,17H,8-11H2,1-3H3. The fraction of sp³-hybridized carbons (Fsp3) is 0.364. The molecule has 1 saturated heterocycles. The minimum atomic E-state index is -0.762. The Labute approximate surface area is 180 Å². The van der Waals surface area contributed by atoms with Gasteiger partial charge in [-0.15, -0.1) is 0 Å². The van der Waals surface area contributed by atoms with Gasteiger partial charge in [0.25, 0.3) is 5.91 Å². The van der Waals surface area contributed by atoms with Gasteiger partial charge in [-0.1, -0.05) is 12.1 Å². The van der Waals surface area contributed by atoms with Gasteiger partial charge in [-0.05, 0) is 32.9 Å². The Balaban J connectivity index is 1.38. The van der Waals surface area contributed by atoms with E-state index in [2.05, 4.69) is 19.9 Å². The lowest BCUT2D eigenvalue weighted by atomic mass is 10.2. The molecule has 4 rings (SSSR count). The molecule has 8 nitrogen and oxygen atoms in total. The third-order valence-electron chi connectivity index (χ3n) is 5.54. The number of aromatic nitrogens is 4. The first kappa shape index (κ1) is 20.8. The van der Waals surface area contributed by atoms with E-state index in [4.69, 9.17) is 4.74 Å². The van der Waals surface area contributed by atoms with E-state index in [0.29, 0.717) is 26.2 Å². The Morgan fingerprint density at radius 2 is 1.77 bits per heavy atom. The lowest BCUT2D eigenvalue weighted by molar-refractivity contribution is -0.138. The van der Waals surface area contributed by atoms with Crippen LogP contribution in [0.2, 0.25) is 0 Å². The maximum atomic E-state index is 13.8. The maximum absolute atomic E-state index is 13.8. The summed E-state index contributed by atoms with van der Waals surface area (Å²) >= 11 is 0. The Kier molecular flexibility index (Phi) is 5.83. The molecule has 1 atom stereocenters. The number of imidazole rings is 1. The Morgan fingerprint density at radius 3 is 2.45 bits per heavy atom. The van der Waals surface area contributed by atoms with Crippen molar-refractivity contribution in [3.05, 3.63) is 60.2 Å². The zero-order chi connectivity index (χ0) is 22.0. The molecule has 0 aliphatic carbocycles. The highest BCUT2D eigenvalue weighted by molar-refractivity contribution is 5.81. The fourth-order valence-electron chi connectivity index (χ4n) is 3.57. The fourth-order valence-corrected chi connectivity index (χ4v) is 3.57. The first-order valence-electron chi connectivity index (χ1n) is 10.2. The van der Waals surface area contributed by atoms with Crippen LogP contribution >= 0.6 is 0 Å². The molecule has 3 aromatic rings. The van der Waals surface area contributed by atoms with Crippen molar-refractivity contribution in [2.45, 2.75) is 26.9 Å². The number of halogens is 1. The van der Waals surface area contributed by atoms with Gasteiger partial charge in [-0.2, -0.15) is 0 Å². The average Bonchev–Trinajstić information content (AvgIpc) is 3.13. The number of benzene rings is 1. The van der Waals surface area contributed by atoms with E-state index >= 15 is 0 Å². The molecule has 0 radical (unpaired) electrons. The number of ether oxygens (including phenoxy) is 1. The first-order valence-corrected chi connectivity index (χ1v) is 10.2. The second-order valence-corrected chi connectivity index (χ2v) is 7.52. The minimum absolute atomic E-state index is 0.0838. The Bertz CT molecular complexity index is 1080. The second-order valence-electron chi connectivity index (χ2n) is 7.52. The van der Waals surface area contributed by atoms with E-state index < -0.39 is 11.9 Å². The molecule has 1 aliphatic rings. The average molecular weight is 424 g/mol. The lowest BCUT2D eigenvalue weighted by Crippen LogP contribution is -2.52. The summed E-state index contributed by atoms with van der Waals surface area (Å²) in [6, 6.07) is 8.02. The zero-order valence-corrected chi connectivity index (χ0v) is 17.8.